The monoisotopic (exact) mass is 1020 g/mol. The first-order valence-electron chi connectivity index (χ1n) is 24.9. The Labute approximate surface area is 432 Å². The van der Waals surface area contributed by atoms with E-state index in [1.54, 1.807) is 94.9 Å². The maximum absolute atomic E-state index is 13.6. The predicted octanol–water partition coefficient (Wildman–Crippen LogP) is 11.7. The Morgan fingerprint density at radius 1 is 0.473 bits per heavy atom. The van der Waals surface area contributed by atoms with E-state index in [4.69, 9.17) is 15.1 Å². The molecule has 0 bridgehead atoms. The zero-order chi connectivity index (χ0) is 51.4. The van der Waals surface area contributed by atoms with Crippen molar-refractivity contribution < 1.29 is 21.9 Å². The van der Waals surface area contributed by atoms with Crippen molar-refractivity contribution in [1.29, 1.82) is 0 Å². The number of pyridine rings is 2. The Morgan fingerprint density at radius 3 is 1.35 bits per heavy atom. The summed E-state index contributed by atoms with van der Waals surface area (Å²) in [5, 5.41) is 17.3. The third-order valence-electron chi connectivity index (χ3n) is 14.4. The molecule has 1 N–H and O–H groups in total. The van der Waals surface area contributed by atoms with Crippen molar-refractivity contribution in [2.75, 3.05) is 7.11 Å². The van der Waals surface area contributed by atoms with Crippen LogP contribution in [0.5, 0.6) is 0 Å². The van der Waals surface area contributed by atoms with Crippen molar-refractivity contribution >= 4 is 47.7 Å². The molecule has 0 amide bonds. The van der Waals surface area contributed by atoms with Crippen molar-refractivity contribution in [2.24, 2.45) is 14.1 Å². The van der Waals surface area contributed by atoms with Crippen LogP contribution < -0.4 is 0 Å². The normalized spacial score (nSPS) is 17.0. The van der Waals surface area contributed by atoms with Crippen molar-refractivity contribution in [3.05, 3.63) is 211 Å². The van der Waals surface area contributed by atoms with Gasteiger partial charge in [0.2, 0.25) is 0 Å². The zero-order valence-electron chi connectivity index (χ0n) is 41.6. The molecule has 1 unspecified atom stereocenters. The highest BCUT2D eigenvalue weighted by atomic mass is 32.2. The number of rotatable bonds is 10. The number of aromatic nitrogens is 8. The first kappa shape index (κ1) is 49.8. The lowest BCUT2D eigenvalue weighted by atomic mass is 9.76. The highest BCUT2D eigenvalue weighted by Gasteiger charge is 2.28. The molecule has 12 rings (SSSR count). The number of benzene rings is 4. The lowest BCUT2D eigenvalue weighted by Gasteiger charge is -2.29. The number of aliphatic hydroxyl groups is 1. The van der Waals surface area contributed by atoms with Gasteiger partial charge in [-0.1, -0.05) is 103 Å². The largest absolute Gasteiger partial charge is 0.400 e. The van der Waals surface area contributed by atoms with E-state index in [1.807, 2.05) is 38.8 Å². The zero-order valence-corrected chi connectivity index (χ0v) is 43.2. The van der Waals surface area contributed by atoms with E-state index in [0.29, 0.717) is 29.0 Å². The van der Waals surface area contributed by atoms with Gasteiger partial charge in [0.15, 0.2) is 11.3 Å². The molecule has 1 saturated carbocycles. The van der Waals surface area contributed by atoms with Gasteiger partial charge in [0, 0.05) is 91.4 Å². The fraction of sp³-hybridized carbons (Fsp3) is 0.220. The standard InChI is InChI=1S/C29H28N4O2S.C29H26N4O2S.CH4O/c2*1-32-19-25(18-31-32)28-20-33(36(34,35)26-10-6-3-7-11-26)29-27(28)16-24(17-30-29)23-14-12-22(13-15-23)21-8-4-2-5-9-21;1-2/h2-11,16-20,22-23H,12-15H2,1H3;2-11,14,16-20,22H,12-13,15H2,1H3;2H,1H3. The molecular weight excluding hydrogens is 965 g/mol. The fourth-order valence-electron chi connectivity index (χ4n) is 10.5. The summed E-state index contributed by atoms with van der Waals surface area (Å²) in [6.45, 7) is 0. The average Bonchev–Trinajstić information content (AvgIpc) is 4.29. The molecule has 74 heavy (non-hydrogen) atoms. The van der Waals surface area contributed by atoms with Gasteiger partial charge in [-0.2, -0.15) is 10.2 Å². The first-order chi connectivity index (χ1) is 36.0. The molecule has 0 saturated heterocycles. The number of hydrogen-bond acceptors (Lipinski definition) is 9. The van der Waals surface area contributed by atoms with E-state index in [2.05, 4.69) is 89.1 Å². The van der Waals surface area contributed by atoms with Crippen LogP contribution in [0, 0.1) is 0 Å². The maximum atomic E-state index is 13.6. The van der Waals surface area contributed by atoms with Crippen LogP contribution in [0.2, 0.25) is 0 Å². The molecule has 1 atom stereocenters. The second-order valence-electron chi connectivity index (χ2n) is 18.9. The third-order valence-corrected chi connectivity index (χ3v) is 17.7. The molecule has 13 nitrogen and oxygen atoms in total. The smallest absolute Gasteiger partial charge is 0.269 e. The summed E-state index contributed by atoms with van der Waals surface area (Å²) in [5.41, 5.74) is 10.5. The van der Waals surface area contributed by atoms with Gasteiger partial charge in [0.05, 0.1) is 22.2 Å². The molecule has 376 valence electrons. The minimum atomic E-state index is -3.81. The lowest BCUT2D eigenvalue weighted by molar-refractivity contribution is 0.396. The van der Waals surface area contributed by atoms with Crippen molar-refractivity contribution in [2.45, 2.75) is 72.5 Å². The number of aliphatic hydroxyl groups excluding tert-OH is 1. The van der Waals surface area contributed by atoms with E-state index in [9.17, 15) is 16.8 Å². The van der Waals surface area contributed by atoms with Crippen LogP contribution >= 0.6 is 0 Å². The highest BCUT2D eigenvalue weighted by molar-refractivity contribution is 7.90. The van der Waals surface area contributed by atoms with Gasteiger partial charge >= 0.3 is 0 Å². The molecule has 6 aromatic heterocycles. The second-order valence-corrected chi connectivity index (χ2v) is 22.6. The van der Waals surface area contributed by atoms with Crippen molar-refractivity contribution in [3.63, 3.8) is 0 Å². The van der Waals surface area contributed by atoms with Gasteiger partial charge in [-0.3, -0.25) is 9.36 Å². The van der Waals surface area contributed by atoms with E-state index in [-0.39, 0.29) is 9.79 Å². The maximum Gasteiger partial charge on any atom is 0.269 e. The van der Waals surface area contributed by atoms with Crippen LogP contribution in [0.1, 0.15) is 85.0 Å². The summed E-state index contributed by atoms with van der Waals surface area (Å²) < 4.78 is 60.3. The molecule has 2 aliphatic carbocycles. The average molecular weight is 1020 g/mol. The summed E-state index contributed by atoms with van der Waals surface area (Å²) in [6, 6.07) is 42.6. The number of allylic oxidation sites excluding steroid dienone is 2. The van der Waals surface area contributed by atoms with Crippen LogP contribution in [-0.2, 0) is 34.1 Å². The Hall–Kier alpha value is -7.72. The Kier molecular flexibility index (Phi) is 14.4. The molecule has 6 heterocycles. The summed E-state index contributed by atoms with van der Waals surface area (Å²) >= 11 is 0. The Balaban J connectivity index is 0.000000164. The van der Waals surface area contributed by atoms with E-state index in [0.717, 1.165) is 90.6 Å². The third kappa shape index (κ3) is 10.0. The van der Waals surface area contributed by atoms with Crippen LogP contribution in [0.4, 0.5) is 0 Å². The number of nitrogens with zero attached hydrogens (tertiary/aromatic N) is 8. The molecular formula is C59H58N8O5S2. The van der Waals surface area contributed by atoms with Gasteiger partial charge in [-0.15, -0.1) is 0 Å². The fourth-order valence-corrected chi connectivity index (χ4v) is 13.2. The van der Waals surface area contributed by atoms with Gasteiger partial charge in [-0.25, -0.2) is 34.7 Å². The summed E-state index contributed by atoms with van der Waals surface area (Å²) in [5.74, 6) is 1.54. The van der Waals surface area contributed by atoms with Gasteiger partial charge < -0.3 is 5.11 Å². The number of fused-ring (bicyclic) bond motifs is 2. The molecule has 1 fully saturated rings. The predicted molar refractivity (Wildman–Crippen MR) is 291 cm³/mol. The molecule has 0 spiro atoms. The van der Waals surface area contributed by atoms with E-state index < -0.39 is 20.0 Å². The van der Waals surface area contributed by atoms with E-state index >= 15 is 0 Å². The Bertz CT molecular complexity index is 3800. The summed E-state index contributed by atoms with van der Waals surface area (Å²) in [6.07, 6.45) is 24.2. The second kappa shape index (κ2) is 21.4. The van der Waals surface area contributed by atoms with Crippen LogP contribution in [0.15, 0.2) is 199 Å². The molecule has 0 aliphatic heterocycles. The molecule has 0 radical (unpaired) electrons. The molecule has 15 heteroatoms. The topological polar surface area (TPSA) is 160 Å². The minimum absolute atomic E-state index is 0.229. The molecule has 10 aromatic rings. The van der Waals surface area contributed by atoms with E-state index in [1.165, 1.54) is 30.2 Å². The van der Waals surface area contributed by atoms with Crippen molar-refractivity contribution in [1.82, 2.24) is 37.5 Å². The Morgan fingerprint density at radius 2 is 0.905 bits per heavy atom. The van der Waals surface area contributed by atoms with Crippen molar-refractivity contribution in [3.8, 4) is 22.3 Å². The molecule has 4 aromatic carbocycles. The lowest BCUT2D eigenvalue weighted by Crippen LogP contribution is -2.13. The van der Waals surface area contributed by atoms with Gasteiger partial charge in [-0.05, 0) is 127 Å². The first-order valence-corrected chi connectivity index (χ1v) is 27.7. The van der Waals surface area contributed by atoms with Crippen LogP contribution in [0.25, 0.3) is 49.9 Å². The van der Waals surface area contributed by atoms with Crippen LogP contribution in [0.3, 0.4) is 0 Å². The van der Waals surface area contributed by atoms with Gasteiger partial charge in [0.25, 0.3) is 20.0 Å². The quantitative estimate of drug-likeness (QED) is 0.141. The summed E-state index contributed by atoms with van der Waals surface area (Å²) in [4.78, 5) is 9.90. The SMILES string of the molecule is CO.Cn1cc(-c2cn(S(=O)(=O)c3ccccc3)c3ncc(C4=CCC(c5ccccc5)CC4)cc23)cn1.Cn1cc(-c2cn(S(=O)(=O)c3ccccc3)c3ncc(C4CCC(c5ccccc5)CC4)cc23)cn1. The number of aryl methyl sites for hydroxylation is 2. The highest BCUT2D eigenvalue weighted by Crippen LogP contribution is 2.43. The number of hydrogen-bond donors (Lipinski definition) is 1. The van der Waals surface area contributed by atoms with Gasteiger partial charge in [0.1, 0.15) is 0 Å². The molecule has 2 aliphatic rings. The minimum Gasteiger partial charge on any atom is -0.400 e. The van der Waals surface area contributed by atoms with Crippen LogP contribution in [-0.4, -0.2) is 66.5 Å². The summed E-state index contributed by atoms with van der Waals surface area (Å²) in [7, 11) is -2.89.